The Hall–Kier alpha value is -2.52. The Bertz CT molecular complexity index is 1120. The standard InChI is InChI=1S/C36H46O2S/c1-3-5-7-9-11-15-29-19-23-31(24-20-29)32-25-21-30(22-26-32)27-36(39-34-17-13-10-14-18-34)28-33(38-35(36)37)16-12-8-6-4-2/h10,13-14,17-26,33H,3-9,11-12,15-16,27-28H2,1-2H3/t33-,36?/m1/s1. The molecular weight excluding hydrogens is 496 g/mol. The normalized spacial score (nSPS) is 18.8. The van der Waals surface area contributed by atoms with E-state index >= 15 is 0 Å². The number of unbranched alkanes of at least 4 members (excludes halogenated alkanes) is 7. The summed E-state index contributed by atoms with van der Waals surface area (Å²) in [7, 11) is 0. The number of rotatable bonds is 16. The van der Waals surface area contributed by atoms with Crippen LogP contribution in [0.15, 0.2) is 83.8 Å². The number of cyclic esters (lactones) is 1. The second-order valence-electron chi connectivity index (χ2n) is 11.2. The van der Waals surface area contributed by atoms with E-state index in [4.69, 9.17) is 4.74 Å². The van der Waals surface area contributed by atoms with Gasteiger partial charge in [-0.2, -0.15) is 0 Å². The molecule has 0 spiro atoms. The van der Waals surface area contributed by atoms with E-state index in [1.54, 1.807) is 11.8 Å². The van der Waals surface area contributed by atoms with Gasteiger partial charge in [-0.3, -0.25) is 4.79 Å². The molecule has 3 aromatic carbocycles. The van der Waals surface area contributed by atoms with Crippen LogP contribution in [0.5, 0.6) is 0 Å². The number of ether oxygens (including phenoxy) is 1. The SMILES string of the molecule is CCCCCCCc1ccc(-c2ccc(CC3(Sc4ccccc4)C[C@@H](CCCCCC)OC3=O)cc2)cc1. The molecule has 2 atom stereocenters. The number of aryl methyl sites for hydroxylation is 1. The van der Waals surface area contributed by atoms with Gasteiger partial charge in [0.1, 0.15) is 10.9 Å². The molecule has 1 heterocycles. The van der Waals surface area contributed by atoms with E-state index in [0.29, 0.717) is 6.42 Å². The summed E-state index contributed by atoms with van der Waals surface area (Å²) in [6.07, 6.45) is 15.0. The zero-order chi connectivity index (χ0) is 27.3. The molecule has 1 saturated heterocycles. The minimum atomic E-state index is -0.572. The topological polar surface area (TPSA) is 26.3 Å². The molecule has 4 rings (SSSR count). The average Bonchev–Trinajstić information content (AvgIpc) is 3.26. The lowest BCUT2D eigenvalue weighted by atomic mass is 9.92. The first-order valence-electron chi connectivity index (χ1n) is 15.3. The zero-order valence-corrected chi connectivity index (χ0v) is 24.8. The highest BCUT2D eigenvalue weighted by Crippen LogP contribution is 2.46. The molecule has 1 aliphatic heterocycles. The minimum absolute atomic E-state index is 0.0231. The first kappa shape index (κ1) is 29.5. The van der Waals surface area contributed by atoms with Gasteiger partial charge in [0.05, 0.1) is 0 Å². The quantitative estimate of drug-likeness (QED) is 0.133. The smallest absolute Gasteiger partial charge is 0.323 e. The molecule has 208 valence electrons. The lowest BCUT2D eigenvalue weighted by Gasteiger charge is -2.24. The molecular formula is C36H46O2S. The van der Waals surface area contributed by atoms with Crippen LogP contribution in [-0.4, -0.2) is 16.8 Å². The molecule has 0 saturated carbocycles. The summed E-state index contributed by atoms with van der Waals surface area (Å²) in [6.45, 7) is 4.50. The van der Waals surface area contributed by atoms with Crippen LogP contribution in [0.25, 0.3) is 11.1 Å². The fourth-order valence-electron chi connectivity index (χ4n) is 5.63. The Morgan fingerprint density at radius 2 is 1.31 bits per heavy atom. The highest BCUT2D eigenvalue weighted by molar-refractivity contribution is 8.01. The first-order chi connectivity index (χ1) is 19.1. The molecule has 1 unspecified atom stereocenters. The summed E-state index contributed by atoms with van der Waals surface area (Å²) in [6, 6.07) is 28.2. The van der Waals surface area contributed by atoms with Gasteiger partial charge in [-0.25, -0.2) is 0 Å². The van der Waals surface area contributed by atoms with Crippen molar-refractivity contribution < 1.29 is 9.53 Å². The van der Waals surface area contributed by atoms with Crippen molar-refractivity contribution in [2.75, 3.05) is 0 Å². The molecule has 3 heteroatoms. The fourth-order valence-corrected chi connectivity index (χ4v) is 7.01. The molecule has 0 amide bonds. The number of benzene rings is 3. The van der Waals surface area contributed by atoms with Crippen LogP contribution >= 0.6 is 11.8 Å². The van der Waals surface area contributed by atoms with Crippen molar-refractivity contribution in [3.05, 3.63) is 90.0 Å². The Balaban J connectivity index is 1.41. The number of hydrogen-bond donors (Lipinski definition) is 0. The fraction of sp³-hybridized carbons (Fsp3) is 0.472. The van der Waals surface area contributed by atoms with E-state index in [2.05, 4.69) is 74.5 Å². The van der Waals surface area contributed by atoms with E-state index < -0.39 is 4.75 Å². The molecule has 3 aromatic rings. The third-order valence-electron chi connectivity index (χ3n) is 7.94. The van der Waals surface area contributed by atoms with Crippen LogP contribution in [0.4, 0.5) is 0 Å². The molecule has 0 radical (unpaired) electrons. The molecule has 0 bridgehead atoms. The Morgan fingerprint density at radius 3 is 1.95 bits per heavy atom. The van der Waals surface area contributed by atoms with Gasteiger partial charge in [0, 0.05) is 11.3 Å². The van der Waals surface area contributed by atoms with E-state index in [9.17, 15) is 4.79 Å². The minimum Gasteiger partial charge on any atom is -0.461 e. The average molecular weight is 543 g/mol. The molecule has 0 aromatic heterocycles. The van der Waals surface area contributed by atoms with Crippen molar-refractivity contribution in [3.63, 3.8) is 0 Å². The van der Waals surface area contributed by atoms with Crippen LogP contribution in [0.2, 0.25) is 0 Å². The van der Waals surface area contributed by atoms with Gasteiger partial charge in [0.25, 0.3) is 0 Å². The maximum Gasteiger partial charge on any atom is 0.323 e. The second-order valence-corrected chi connectivity index (χ2v) is 12.7. The van der Waals surface area contributed by atoms with E-state index in [0.717, 1.165) is 24.2 Å². The summed E-state index contributed by atoms with van der Waals surface area (Å²) in [4.78, 5) is 14.5. The van der Waals surface area contributed by atoms with E-state index in [-0.39, 0.29) is 12.1 Å². The molecule has 0 aliphatic carbocycles. The highest BCUT2D eigenvalue weighted by atomic mass is 32.2. The summed E-state index contributed by atoms with van der Waals surface area (Å²) < 4.78 is 5.42. The highest BCUT2D eigenvalue weighted by Gasteiger charge is 2.49. The van der Waals surface area contributed by atoms with Crippen LogP contribution in [0.1, 0.15) is 95.6 Å². The van der Waals surface area contributed by atoms with Crippen LogP contribution < -0.4 is 0 Å². The van der Waals surface area contributed by atoms with Gasteiger partial charge >= 0.3 is 5.97 Å². The predicted octanol–water partition coefficient (Wildman–Crippen LogP) is 10.2. The summed E-state index contributed by atoms with van der Waals surface area (Å²) >= 11 is 1.69. The number of carbonyl (C=O) groups excluding carboxylic acids is 1. The zero-order valence-electron chi connectivity index (χ0n) is 24.0. The Morgan fingerprint density at radius 1 is 0.718 bits per heavy atom. The lowest BCUT2D eigenvalue weighted by Crippen LogP contribution is -2.33. The monoisotopic (exact) mass is 542 g/mol. The van der Waals surface area contributed by atoms with Gasteiger partial charge in [-0.05, 0) is 66.5 Å². The van der Waals surface area contributed by atoms with Gasteiger partial charge in [-0.15, -0.1) is 11.8 Å². The van der Waals surface area contributed by atoms with Crippen molar-refractivity contribution in [3.8, 4) is 11.1 Å². The lowest BCUT2D eigenvalue weighted by molar-refractivity contribution is -0.143. The van der Waals surface area contributed by atoms with E-state index in [1.807, 2.05) is 18.2 Å². The molecule has 2 nitrogen and oxygen atoms in total. The van der Waals surface area contributed by atoms with E-state index in [1.165, 1.54) is 80.0 Å². The predicted molar refractivity (Wildman–Crippen MR) is 166 cm³/mol. The molecule has 1 fully saturated rings. The molecule has 1 aliphatic rings. The van der Waals surface area contributed by atoms with Gasteiger partial charge < -0.3 is 4.74 Å². The maximum absolute atomic E-state index is 13.4. The Labute approximate surface area is 241 Å². The third kappa shape index (κ3) is 8.73. The molecule has 0 N–H and O–H groups in total. The number of carbonyl (C=O) groups is 1. The summed E-state index contributed by atoms with van der Waals surface area (Å²) in [5, 5.41) is 0. The van der Waals surface area contributed by atoms with Crippen LogP contribution in [0, 0.1) is 0 Å². The van der Waals surface area contributed by atoms with Crippen LogP contribution in [0.3, 0.4) is 0 Å². The maximum atomic E-state index is 13.4. The number of thioether (sulfide) groups is 1. The van der Waals surface area contributed by atoms with Gasteiger partial charge in [0.15, 0.2) is 0 Å². The first-order valence-corrected chi connectivity index (χ1v) is 16.1. The second kappa shape index (κ2) is 15.3. The summed E-state index contributed by atoms with van der Waals surface area (Å²) in [5.74, 6) is -0.0498. The van der Waals surface area contributed by atoms with Gasteiger partial charge in [-0.1, -0.05) is 126 Å². The number of hydrogen-bond acceptors (Lipinski definition) is 3. The Kier molecular flexibility index (Phi) is 11.6. The third-order valence-corrected chi connectivity index (χ3v) is 9.32. The van der Waals surface area contributed by atoms with Crippen molar-refractivity contribution in [1.82, 2.24) is 0 Å². The van der Waals surface area contributed by atoms with Crippen molar-refractivity contribution in [2.24, 2.45) is 0 Å². The summed E-state index contributed by atoms with van der Waals surface area (Å²) in [5.41, 5.74) is 5.09. The number of esters is 1. The van der Waals surface area contributed by atoms with Crippen molar-refractivity contribution >= 4 is 17.7 Å². The van der Waals surface area contributed by atoms with Gasteiger partial charge in [0.2, 0.25) is 0 Å². The molecule has 39 heavy (non-hydrogen) atoms. The van der Waals surface area contributed by atoms with Crippen molar-refractivity contribution in [1.29, 1.82) is 0 Å². The van der Waals surface area contributed by atoms with Crippen LogP contribution in [-0.2, 0) is 22.4 Å². The van der Waals surface area contributed by atoms with Crippen molar-refractivity contribution in [2.45, 2.75) is 113 Å². The largest absolute Gasteiger partial charge is 0.461 e.